The van der Waals surface area contributed by atoms with Crippen molar-refractivity contribution in [3.05, 3.63) is 53.6 Å². The fourth-order valence-electron chi connectivity index (χ4n) is 4.84. The minimum atomic E-state index is -5.08. The number of aromatic nitrogens is 5. The maximum absolute atomic E-state index is 10.6. The number of carbonyl (C=O) groups is 1. The summed E-state index contributed by atoms with van der Waals surface area (Å²) in [7, 11) is 0. The Kier molecular flexibility index (Phi) is 9.30. The van der Waals surface area contributed by atoms with E-state index >= 15 is 0 Å². The normalized spacial score (nSPS) is 20.9. The Morgan fingerprint density at radius 1 is 1.23 bits per heavy atom. The average molecular weight is 571 g/mol. The van der Waals surface area contributed by atoms with Gasteiger partial charge in [-0.2, -0.15) is 18.2 Å². The van der Waals surface area contributed by atoms with Crippen molar-refractivity contribution in [1.82, 2.24) is 29.6 Å². The molecule has 0 aliphatic carbocycles. The highest BCUT2D eigenvalue weighted by atomic mass is 35.5. The van der Waals surface area contributed by atoms with Gasteiger partial charge >= 0.3 is 12.1 Å². The quantitative estimate of drug-likeness (QED) is 0.408. The summed E-state index contributed by atoms with van der Waals surface area (Å²) < 4.78 is 40.1. The van der Waals surface area contributed by atoms with Crippen LogP contribution in [0.2, 0.25) is 5.02 Å². The van der Waals surface area contributed by atoms with E-state index in [1.807, 2.05) is 30.9 Å². The van der Waals surface area contributed by atoms with Crippen molar-refractivity contribution in [2.24, 2.45) is 0 Å². The van der Waals surface area contributed by atoms with Gasteiger partial charge in [-0.05, 0) is 37.0 Å². The molecule has 39 heavy (non-hydrogen) atoms. The number of carboxylic acid groups (broad SMARTS) is 1. The summed E-state index contributed by atoms with van der Waals surface area (Å²) in [4.78, 5) is 22.2. The SMILES string of the molecule is Nc1nc(N2CCC(N3C[C@H](Cn4ccnc4)OC[C@@H]3Cc3ccc(Cl)cc3)CC2)n[nH]1.O=C(O)C(F)(F)F. The number of aromatic amines is 1. The molecule has 15 heteroatoms. The molecule has 2 atom stereocenters. The van der Waals surface area contributed by atoms with E-state index in [9.17, 15) is 13.2 Å². The molecule has 5 rings (SSSR count). The van der Waals surface area contributed by atoms with Crippen LogP contribution in [-0.4, -0.2) is 91.3 Å². The van der Waals surface area contributed by atoms with Crippen LogP contribution in [0.5, 0.6) is 0 Å². The second-order valence-corrected chi connectivity index (χ2v) is 9.87. The zero-order valence-electron chi connectivity index (χ0n) is 21.0. The summed E-state index contributed by atoms with van der Waals surface area (Å²) in [5, 5.41) is 14.9. The van der Waals surface area contributed by atoms with Crippen LogP contribution in [0.1, 0.15) is 18.4 Å². The first-order chi connectivity index (χ1) is 18.6. The molecule has 212 valence electrons. The van der Waals surface area contributed by atoms with E-state index in [0.29, 0.717) is 24.0 Å². The van der Waals surface area contributed by atoms with Gasteiger partial charge in [0, 0.05) is 49.1 Å². The lowest BCUT2D eigenvalue weighted by Gasteiger charge is -2.46. The van der Waals surface area contributed by atoms with Crippen molar-refractivity contribution in [3.63, 3.8) is 0 Å². The zero-order valence-corrected chi connectivity index (χ0v) is 21.7. The van der Waals surface area contributed by atoms with Gasteiger partial charge in [-0.1, -0.05) is 23.7 Å². The Bertz CT molecular complexity index is 1180. The minimum Gasteiger partial charge on any atom is -0.475 e. The number of hydrogen-bond acceptors (Lipinski definition) is 8. The van der Waals surface area contributed by atoms with Crippen LogP contribution in [0.25, 0.3) is 0 Å². The van der Waals surface area contributed by atoms with Crippen LogP contribution in [0, 0.1) is 0 Å². The summed E-state index contributed by atoms with van der Waals surface area (Å²) in [5.74, 6) is -1.70. The molecule has 2 aromatic heterocycles. The molecule has 2 saturated heterocycles. The lowest BCUT2D eigenvalue weighted by Crippen LogP contribution is -2.57. The summed E-state index contributed by atoms with van der Waals surface area (Å²) in [6.07, 6.45) is 3.80. The van der Waals surface area contributed by atoms with Crippen molar-refractivity contribution in [2.75, 3.05) is 36.9 Å². The number of aliphatic carboxylic acids is 1. The molecule has 0 unspecified atom stereocenters. The van der Waals surface area contributed by atoms with Crippen molar-refractivity contribution >= 4 is 29.5 Å². The van der Waals surface area contributed by atoms with E-state index in [1.54, 1.807) is 0 Å². The number of imidazole rings is 1. The number of nitrogens with two attached hydrogens (primary N) is 1. The van der Waals surface area contributed by atoms with E-state index < -0.39 is 12.1 Å². The Labute approximate surface area is 227 Å². The first-order valence-corrected chi connectivity index (χ1v) is 12.8. The Morgan fingerprint density at radius 2 is 1.92 bits per heavy atom. The van der Waals surface area contributed by atoms with Gasteiger partial charge in [0.25, 0.3) is 0 Å². The number of anilines is 2. The average Bonchev–Trinajstić information content (AvgIpc) is 3.58. The molecule has 2 aliphatic rings. The van der Waals surface area contributed by atoms with Gasteiger partial charge in [-0.3, -0.25) is 4.90 Å². The largest absolute Gasteiger partial charge is 0.490 e. The number of ether oxygens (including phenoxy) is 1. The second-order valence-electron chi connectivity index (χ2n) is 9.44. The molecule has 4 N–H and O–H groups in total. The molecular weight excluding hydrogens is 541 g/mol. The number of alkyl halides is 3. The Hall–Kier alpha value is -3.36. The van der Waals surface area contributed by atoms with Crippen molar-refractivity contribution in [2.45, 2.75) is 50.2 Å². The Balaban J connectivity index is 0.000000448. The first kappa shape index (κ1) is 28.6. The first-order valence-electron chi connectivity index (χ1n) is 12.4. The molecule has 0 amide bonds. The van der Waals surface area contributed by atoms with Crippen LogP contribution in [0.4, 0.5) is 25.1 Å². The van der Waals surface area contributed by atoms with Gasteiger partial charge < -0.3 is 25.0 Å². The standard InChI is InChI=1S/C22H29ClN8O.C2HF3O2/c23-17-3-1-16(2-4-17)11-19-14-32-20(12-29-10-7-25-15-29)13-31(19)18-5-8-30(9-6-18)22-26-21(24)27-28-22;3-2(4,5)1(6)7/h1-4,7,10,15,18-20H,5-6,8-9,11-14H2,(H3,24,26,27,28);(H,6,7)/t19-,20-;/m0./s1. The number of halogens is 4. The van der Waals surface area contributed by atoms with Crippen molar-refractivity contribution in [3.8, 4) is 0 Å². The van der Waals surface area contributed by atoms with Gasteiger partial charge in [0.2, 0.25) is 11.9 Å². The number of benzene rings is 1. The monoisotopic (exact) mass is 570 g/mol. The maximum Gasteiger partial charge on any atom is 0.490 e. The van der Waals surface area contributed by atoms with E-state index in [0.717, 1.165) is 57.1 Å². The summed E-state index contributed by atoms with van der Waals surface area (Å²) in [6.45, 7) is 4.28. The van der Waals surface area contributed by atoms with Gasteiger partial charge in [0.15, 0.2) is 0 Å². The molecule has 2 fully saturated rings. The molecule has 1 aromatic carbocycles. The fraction of sp³-hybridized carbons (Fsp3) is 0.500. The third kappa shape index (κ3) is 8.07. The molecule has 0 radical (unpaired) electrons. The Morgan fingerprint density at radius 3 is 2.49 bits per heavy atom. The van der Waals surface area contributed by atoms with Crippen LogP contribution in [0.15, 0.2) is 43.0 Å². The smallest absolute Gasteiger partial charge is 0.475 e. The third-order valence-corrected chi connectivity index (χ3v) is 6.97. The highest BCUT2D eigenvalue weighted by Gasteiger charge is 2.38. The predicted molar refractivity (Wildman–Crippen MR) is 137 cm³/mol. The van der Waals surface area contributed by atoms with Crippen LogP contribution >= 0.6 is 11.6 Å². The maximum atomic E-state index is 10.6. The predicted octanol–water partition coefficient (Wildman–Crippen LogP) is 2.85. The number of nitrogen functional groups attached to an aromatic ring is 1. The number of H-pyrrole nitrogens is 1. The van der Waals surface area contributed by atoms with Gasteiger partial charge in [0.05, 0.1) is 25.6 Å². The zero-order chi connectivity index (χ0) is 28.0. The second kappa shape index (κ2) is 12.7. The van der Waals surface area contributed by atoms with Crippen molar-refractivity contribution in [1.29, 1.82) is 0 Å². The molecule has 0 bridgehead atoms. The molecule has 0 saturated carbocycles. The molecular formula is C24H30ClF3N8O3. The van der Waals surface area contributed by atoms with E-state index in [4.69, 9.17) is 32.0 Å². The highest BCUT2D eigenvalue weighted by molar-refractivity contribution is 6.30. The number of piperidine rings is 1. The van der Waals surface area contributed by atoms with E-state index in [2.05, 4.69) is 46.7 Å². The van der Waals surface area contributed by atoms with Crippen molar-refractivity contribution < 1.29 is 27.8 Å². The number of nitrogens with zero attached hydrogens (tertiary/aromatic N) is 6. The number of hydrogen-bond donors (Lipinski definition) is 3. The van der Waals surface area contributed by atoms with Gasteiger partial charge in [0.1, 0.15) is 0 Å². The van der Waals surface area contributed by atoms with E-state index in [-0.39, 0.29) is 6.10 Å². The third-order valence-electron chi connectivity index (χ3n) is 6.72. The number of morpholine rings is 1. The molecule has 2 aliphatic heterocycles. The number of nitrogens with one attached hydrogen (secondary N) is 1. The number of rotatable bonds is 6. The summed E-state index contributed by atoms with van der Waals surface area (Å²) >= 11 is 6.09. The van der Waals surface area contributed by atoms with E-state index in [1.165, 1.54) is 5.56 Å². The molecule has 4 heterocycles. The molecule has 3 aromatic rings. The van der Waals surface area contributed by atoms with Crippen LogP contribution in [0.3, 0.4) is 0 Å². The van der Waals surface area contributed by atoms with Crippen LogP contribution in [-0.2, 0) is 22.5 Å². The lowest BCUT2D eigenvalue weighted by atomic mass is 9.96. The molecule has 11 nitrogen and oxygen atoms in total. The minimum absolute atomic E-state index is 0.150. The number of carboxylic acids is 1. The lowest BCUT2D eigenvalue weighted by molar-refractivity contribution is -0.192. The summed E-state index contributed by atoms with van der Waals surface area (Å²) in [5.41, 5.74) is 7.00. The fourth-order valence-corrected chi connectivity index (χ4v) is 4.97. The van der Waals surface area contributed by atoms with Gasteiger partial charge in [-0.25, -0.2) is 14.9 Å². The van der Waals surface area contributed by atoms with Gasteiger partial charge in [-0.15, -0.1) is 5.10 Å². The topological polar surface area (TPSA) is 138 Å². The summed E-state index contributed by atoms with van der Waals surface area (Å²) in [6, 6.07) is 9.00. The molecule has 0 spiro atoms. The van der Waals surface area contributed by atoms with Crippen LogP contribution < -0.4 is 10.6 Å². The highest BCUT2D eigenvalue weighted by Crippen LogP contribution is 2.27.